The Morgan fingerprint density at radius 1 is 1.09 bits per heavy atom. The normalized spacial score (nSPS) is 11.0. The summed E-state index contributed by atoms with van der Waals surface area (Å²) < 4.78 is 35.4. The van der Waals surface area contributed by atoms with Crippen LogP contribution in [0.1, 0.15) is 11.1 Å². The Morgan fingerprint density at radius 2 is 1.74 bits per heavy atom. The van der Waals surface area contributed by atoms with E-state index in [1.807, 2.05) is 19.9 Å². The van der Waals surface area contributed by atoms with Crippen LogP contribution in [0.2, 0.25) is 0 Å². The zero-order chi connectivity index (χ0) is 24.9. The van der Waals surface area contributed by atoms with Crippen LogP contribution in [0.5, 0.6) is 5.75 Å². The molecule has 0 atom stereocenters. The average molecular weight is 506 g/mol. The van der Waals surface area contributed by atoms with Gasteiger partial charge in [0, 0.05) is 12.1 Å². The maximum atomic E-state index is 12.7. The number of benzene rings is 2. The van der Waals surface area contributed by atoms with Crippen LogP contribution in [0.4, 0.5) is 10.8 Å². The van der Waals surface area contributed by atoms with E-state index in [-0.39, 0.29) is 26.5 Å². The van der Waals surface area contributed by atoms with E-state index in [4.69, 9.17) is 9.47 Å². The Bertz CT molecular complexity index is 1310. The van der Waals surface area contributed by atoms with E-state index in [1.54, 1.807) is 12.1 Å². The van der Waals surface area contributed by atoms with Crippen LogP contribution in [0.15, 0.2) is 57.8 Å². The first-order chi connectivity index (χ1) is 16.0. The van der Waals surface area contributed by atoms with Gasteiger partial charge < -0.3 is 9.47 Å². The van der Waals surface area contributed by atoms with E-state index in [0.29, 0.717) is 17.1 Å². The lowest BCUT2D eigenvalue weighted by molar-refractivity contribution is -0.384. The molecule has 0 aliphatic carbocycles. The van der Waals surface area contributed by atoms with Crippen molar-refractivity contribution in [3.05, 3.63) is 69.9 Å². The van der Waals surface area contributed by atoms with E-state index >= 15 is 0 Å². The second-order valence-corrected chi connectivity index (χ2v) is 10.3. The van der Waals surface area contributed by atoms with Crippen molar-refractivity contribution in [2.45, 2.75) is 23.0 Å². The van der Waals surface area contributed by atoms with Crippen molar-refractivity contribution in [3.8, 4) is 5.75 Å². The molecule has 0 saturated heterocycles. The molecule has 0 radical (unpaired) electrons. The predicted octanol–water partition coefficient (Wildman–Crippen LogP) is 3.06. The second-order valence-electron chi connectivity index (χ2n) is 7.06. The van der Waals surface area contributed by atoms with E-state index in [1.165, 1.54) is 0 Å². The number of nitrogens with zero attached hydrogens (tertiary/aromatic N) is 2. The third kappa shape index (κ3) is 6.36. The van der Waals surface area contributed by atoms with Gasteiger partial charge in [-0.25, -0.2) is 18.2 Å². The first-order valence-corrected chi connectivity index (χ1v) is 12.0. The molecule has 0 unspecified atom stereocenters. The largest absolute Gasteiger partial charge is 0.482 e. The molecule has 34 heavy (non-hydrogen) atoms. The van der Waals surface area contributed by atoms with Crippen LogP contribution < -0.4 is 10.1 Å². The zero-order valence-corrected chi connectivity index (χ0v) is 19.6. The summed E-state index contributed by atoms with van der Waals surface area (Å²) in [6.07, 6.45) is 1.06. The molecule has 0 spiro atoms. The average Bonchev–Trinajstić information content (AvgIpc) is 3.25. The molecule has 0 bridgehead atoms. The quantitative estimate of drug-likeness (QED) is 0.262. The third-order valence-corrected chi connectivity index (χ3v) is 7.41. The molecule has 1 heterocycles. The number of carbonyl (C=O) groups excluding carboxylic acids is 2. The van der Waals surface area contributed by atoms with Crippen molar-refractivity contribution >= 4 is 43.9 Å². The van der Waals surface area contributed by atoms with Gasteiger partial charge in [0.15, 0.2) is 18.3 Å². The lowest BCUT2D eigenvalue weighted by Gasteiger charge is -2.08. The van der Waals surface area contributed by atoms with Crippen molar-refractivity contribution in [1.82, 2.24) is 4.98 Å². The fourth-order valence-corrected chi connectivity index (χ4v) is 5.25. The van der Waals surface area contributed by atoms with E-state index in [9.17, 15) is 28.1 Å². The summed E-state index contributed by atoms with van der Waals surface area (Å²) in [4.78, 5) is 37.7. The molecule has 3 aromatic rings. The van der Waals surface area contributed by atoms with E-state index in [0.717, 1.165) is 41.6 Å². The molecular formula is C21H19N3O8S2. The number of aryl methyl sites for hydroxylation is 2. The summed E-state index contributed by atoms with van der Waals surface area (Å²) in [6.45, 7) is 2.79. The highest BCUT2D eigenvalue weighted by molar-refractivity contribution is 7.93. The number of nitro benzene ring substituents is 1. The fourth-order valence-electron chi connectivity index (χ4n) is 2.81. The number of ether oxygens (including phenoxy) is 2. The topological polar surface area (TPSA) is 155 Å². The molecule has 11 nitrogen and oxygen atoms in total. The van der Waals surface area contributed by atoms with E-state index < -0.39 is 33.2 Å². The second kappa shape index (κ2) is 10.4. The van der Waals surface area contributed by atoms with Gasteiger partial charge in [-0.2, -0.15) is 0 Å². The van der Waals surface area contributed by atoms with Gasteiger partial charge in [-0.15, -0.1) is 0 Å². The Hall–Kier alpha value is -3.84. The summed E-state index contributed by atoms with van der Waals surface area (Å²) in [7, 11) is -3.98. The van der Waals surface area contributed by atoms with Crippen molar-refractivity contribution < 1.29 is 32.4 Å². The number of hydrogen-bond acceptors (Lipinski definition) is 10. The molecule has 0 aliphatic rings. The lowest BCUT2D eigenvalue weighted by atomic mass is 10.1. The number of non-ortho nitro benzene ring substituents is 1. The summed E-state index contributed by atoms with van der Waals surface area (Å²) in [5.41, 5.74) is 1.70. The molecule has 1 aromatic heterocycles. The number of nitrogens with one attached hydrogen (secondary N) is 1. The zero-order valence-electron chi connectivity index (χ0n) is 18.0. The standard InChI is InChI=1S/C21H19N3O8S2/c1-13-7-14(2)9-16(8-13)31-12-19(26)32-11-18(25)23-21-22-10-20(33-21)34(29,30)17-5-3-15(4-6-17)24(27)28/h3-10H,11-12H2,1-2H3,(H,22,23,25). The highest BCUT2D eigenvalue weighted by Crippen LogP contribution is 2.29. The molecular weight excluding hydrogens is 486 g/mol. The monoisotopic (exact) mass is 505 g/mol. The Morgan fingerprint density at radius 3 is 2.35 bits per heavy atom. The highest BCUT2D eigenvalue weighted by atomic mass is 32.2. The van der Waals surface area contributed by atoms with Crippen LogP contribution in [-0.4, -0.2) is 43.4 Å². The maximum absolute atomic E-state index is 12.7. The van der Waals surface area contributed by atoms with Crippen LogP contribution >= 0.6 is 11.3 Å². The molecule has 13 heteroatoms. The van der Waals surface area contributed by atoms with Crippen molar-refractivity contribution in [2.24, 2.45) is 0 Å². The van der Waals surface area contributed by atoms with Gasteiger partial charge >= 0.3 is 5.97 Å². The van der Waals surface area contributed by atoms with Crippen LogP contribution in [0.3, 0.4) is 0 Å². The minimum absolute atomic E-state index is 0.0204. The van der Waals surface area contributed by atoms with Crippen LogP contribution in [-0.2, 0) is 24.2 Å². The number of sulfone groups is 1. The molecule has 1 N–H and O–H groups in total. The SMILES string of the molecule is Cc1cc(C)cc(OCC(=O)OCC(=O)Nc2ncc(S(=O)(=O)c3ccc([N+](=O)[O-])cc3)s2)c1. The number of carbonyl (C=O) groups is 2. The summed E-state index contributed by atoms with van der Waals surface area (Å²) >= 11 is 0.688. The number of hydrogen-bond donors (Lipinski definition) is 1. The summed E-state index contributed by atoms with van der Waals surface area (Å²) in [5.74, 6) is -0.966. The number of esters is 1. The van der Waals surface area contributed by atoms with Gasteiger partial charge in [0.2, 0.25) is 9.84 Å². The molecule has 3 rings (SSSR count). The molecule has 2 aromatic carbocycles. The predicted molar refractivity (Wildman–Crippen MR) is 122 cm³/mol. The third-order valence-electron chi connectivity index (χ3n) is 4.27. The first-order valence-electron chi connectivity index (χ1n) is 9.66. The van der Waals surface area contributed by atoms with Crippen molar-refractivity contribution in [2.75, 3.05) is 18.5 Å². The number of aromatic nitrogens is 1. The van der Waals surface area contributed by atoms with E-state index in [2.05, 4.69) is 10.3 Å². The van der Waals surface area contributed by atoms with Gasteiger partial charge in [0.1, 0.15) is 9.96 Å². The number of nitro groups is 1. The highest BCUT2D eigenvalue weighted by Gasteiger charge is 2.22. The van der Waals surface area contributed by atoms with Crippen molar-refractivity contribution in [3.63, 3.8) is 0 Å². The Labute approximate surface area is 198 Å². The van der Waals surface area contributed by atoms with Crippen LogP contribution in [0, 0.1) is 24.0 Å². The van der Waals surface area contributed by atoms with Crippen molar-refractivity contribution in [1.29, 1.82) is 0 Å². The molecule has 1 amide bonds. The fraction of sp³-hybridized carbons (Fsp3) is 0.190. The molecule has 0 fully saturated rings. The Kier molecular flexibility index (Phi) is 7.58. The number of anilines is 1. The minimum atomic E-state index is -3.98. The van der Waals surface area contributed by atoms with Gasteiger partial charge in [-0.05, 0) is 49.2 Å². The molecule has 0 aliphatic heterocycles. The van der Waals surface area contributed by atoms with Gasteiger partial charge in [-0.3, -0.25) is 20.2 Å². The van der Waals surface area contributed by atoms with Crippen LogP contribution in [0.25, 0.3) is 0 Å². The molecule has 178 valence electrons. The molecule has 0 saturated carbocycles. The smallest absolute Gasteiger partial charge is 0.344 e. The number of amides is 1. The maximum Gasteiger partial charge on any atom is 0.344 e. The lowest BCUT2D eigenvalue weighted by Crippen LogP contribution is -2.23. The number of thiazole rings is 1. The minimum Gasteiger partial charge on any atom is -0.482 e. The number of rotatable bonds is 9. The van der Waals surface area contributed by atoms with Gasteiger partial charge in [0.25, 0.3) is 11.6 Å². The summed E-state index contributed by atoms with van der Waals surface area (Å²) in [5, 5.41) is 13.1. The van der Waals surface area contributed by atoms with Gasteiger partial charge in [-0.1, -0.05) is 17.4 Å². The summed E-state index contributed by atoms with van der Waals surface area (Å²) in [6, 6.07) is 9.87. The first kappa shape index (κ1) is 24.8. The van der Waals surface area contributed by atoms with Gasteiger partial charge in [0.05, 0.1) is 16.0 Å². The Balaban J connectivity index is 1.52.